The van der Waals surface area contributed by atoms with Crippen molar-refractivity contribution < 1.29 is 41.0 Å². The van der Waals surface area contributed by atoms with Crippen LogP contribution in [0, 0.1) is 17.6 Å². The van der Waals surface area contributed by atoms with Gasteiger partial charge in [0.25, 0.3) is 0 Å². The summed E-state index contributed by atoms with van der Waals surface area (Å²) in [5.41, 5.74) is 1.75. The lowest BCUT2D eigenvalue weighted by Crippen LogP contribution is -2.24. The van der Waals surface area contributed by atoms with Crippen molar-refractivity contribution in [3.8, 4) is 22.6 Å². The molecule has 0 spiro atoms. The second kappa shape index (κ2) is 12.4. The molecule has 0 saturated heterocycles. The Bertz CT molecular complexity index is 1530. The maximum Gasteiger partial charge on any atom is 0.573 e. The van der Waals surface area contributed by atoms with Crippen molar-refractivity contribution in [3.63, 3.8) is 0 Å². The van der Waals surface area contributed by atoms with Gasteiger partial charge in [-0.25, -0.2) is 8.78 Å². The minimum Gasteiger partial charge on any atom is -0.490 e. The number of hydrogen-bond acceptors (Lipinski definition) is 5. The van der Waals surface area contributed by atoms with Crippen LogP contribution in [0.5, 0.6) is 11.5 Å². The molecule has 0 N–H and O–H groups in total. The largest absolute Gasteiger partial charge is 0.573 e. The Kier molecular flexibility index (Phi) is 8.51. The van der Waals surface area contributed by atoms with Crippen molar-refractivity contribution in [1.82, 2.24) is 0 Å². The van der Waals surface area contributed by atoms with E-state index < -0.39 is 35.9 Å². The Hall–Kier alpha value is -4.73. The van der Waals surface area contributed by atoms with Gasteiger partial charge in [-0.2, -0.15) is 0 Å². The van der Waals surface area contributed by atoms with Gasteiger partial charge in [0.05, 0.1) is 17.5 Å². The Morgan fingerprint density at radius 1 is 0.762 bits per heavy atom. The molecule has 0 aliphatic carbocycles. The molecule has 1 aliphatic heterocycles. The minimum atomic E-state index is -4.79. The Labute approximate surface area is 238 Å². The van der Waals surface area contributed by atoms with E-state index in [4.69, 9.17) is 9.47 Å². The van der Waals surface area contributed by atoms with Crippen molar-refractivity contribution in [3.05, 3.63) is 120 Å². The van der Waals surface area contributed by atoms with E-state index in [-0.39, 0.29) is 36.7 Å². The molecule has 2 unspecified atom stereocenters. The van der Waals surface area contributed by atoms with E-state index in [9.17, 15) is 26.7 Å². The molecule has 0 fully saturated rings. The molecule has 5 nitrogen and oxygen atoms in total. The topological polar surface area (TPSA) is 57.1 Å². The molecule has 0 aromatic heterocycles. The van der Waals surface area contributed by atoms with Gasteiger partial charge in [-0.3, -0.25) is 9.79 Å². The number of rotatable bonds is 9. The Morgan fingerprint density at radius 3 is 2.00 bits per heavy atom. The van der Waals surface area contributed by atoms with Crippen molar-refractivity contribution in [2.24, 2.45) is 10.9 Å². The standard InChI is InChI=1S/C32H24F5NO4/c33-26-7-4-8-27(34)29(26)28-19-25(31(39)41-18-17-40-23-5-2-1-3-6-23)30(38-28)22-11-9-20(10-12-22)21-13-15-24(16-14-21)42-32(35,36)37/h1-16,25,30H,17-19H2. The fourth-order valence-corrected chi connectivity index (χ4v) is 4.74. The van der Waals surface area contributed by atoms with Crippen LogP contribution in [0.15, 0.2) is 102 Å². The minimum absolute atomic E-state index is 0.0344. The summed E-state index contributed by atoms with van der Waals surface area (Å²) in [6.07, 6.45) is -4.83. The number of esters is 1. The van der Waals surface area contributed by atoms with Gasteiger partial charge in [0, 0.05) is 12.1 Å². The lowest BCUT2D eigenvalue weighted by molar-refractivity contribution is -0.274. The van der Waals surface area contributed by atoms with Crippen LogP contribution in [0.1, 0.15) is 23.6 Å². The molecule has 0 bridgehead atoms. The number of alkyl halides is 3. The molecule has 4 aromatic rings. The van der Waals surface area contributed by atoms with Crippen LogP contribution in [0.2, 0.25) is 0 Å². The number of para-hydroxylation sites is 1. The lowest BCUT2D eigenvalue weighted by Gasteiger charge is -2.18. The van der Waals surface area contributed by atoms with Crippen molar-refractivity contribution in [2.75, 3.05) is 13.2 Å². The molecule has 0 radical (unpaired) electrons. The third kappa shape index (κ3) is 6.94. The number of carbonyl (C=O) groups is 1. The number of aliphatic imine (C=N–C) groups is 1. The normalized spacial score (nSPS) is 16.5. The predicted molar refractivity (Wildman–Crippen MR) is 145 cm³/mol. The summed E-state index contributed by atoms with van der Waals surface area (Å²) in [6.45, 7) is 0.0810. The number of halogens is 5. The summed E-state index contributed by atoms with van der Waals surface area (Å²) in [5.74, 6) is -2.73. The van der Waals surface area contributed by atoms with Crippen LogP contribution in [-0.2, 0) is 9.53 Å². The zero-order valence-corrected chi connectivity index (χ0v) is 22.0. The van der Waals surface area contributed by atoms with E-state index in [1.807, 2.05) is 18.2 Å². The first-order valence-corrected chi connectivity index (χ1v) is 13.0. The highest BCUT2D eigenvalue weighted by Crippen LogP contribution is 2.39. The molecule has 1 heterocycles. The maximum atomic E-state index is 14.6. The highest BCUT2D eigenvalue weighted by atomic mass is 19.4. The van der Waals surface area contributed by atoms with Gasteiger partial charge in [0.2, 0.25) is 0 Å². The van der Waals surface area contributed by atoms with Crippen molar-refractivity contribution in [2.45, 2.75) is 18.8 Å². The van der Waals surface area contributed by atoms with Crippen LogP contribution < -0.4 is 9.47 Å². The summed E-state index contributed by atoms with van der Waals surface area (Å²) < 4.78 is 81.6. The van der Waals surface area contributed by atoms with E-state index in [2.05, 4.69) is 9.73 Å². The molecule has 0 saturated carbocycles. The van der Waals surface area contributed by atoms with Crippen molar-refractivity contribution >= 4 is 11.7 Å². The van der Waals surface area contributed by atoms with Gasteiger partial charge < -0.3 is 14.2 Å². The van der Waals surface area contributed by atoms with E-state index in [1.54, 1.807) is 36.4 Å². The molecule has 216 valence electrons. The highest BCUT2D eigenvalue weighted by molar-refractivity contribution is 6.04. The fraction of sp³-hybridized carbons (Fsp3) is 0.188. The first kappa shape index (κ1) is 28.8. The molecular formula is C32H24F5NO4. The lowest BCUT2D eigenvalue weighted by atomic mass is 9.90. The first-order chi connectivity index (χ1) is 20.2. The Morgan fingerprint density at radius 2 is 1.38 bits per heavy atom. The molecule has 10 heteroatoms. The van der Waals surface area contributed by atoms with Gasteiger partial charge >= 0.3 is 12.3 Å². The van der Waals surface area contributed by atoms with Gasteiger partial charge in [-0.05, 0) is 53.1 Å². The summed E-state index contributed by atoms with van der Waals surface area (Å²) in [4.78, 5) is 17.7. The molecule has 2 atom stereocenters. The second-order valence-corrected chi connectivity index (χ2v) is 9.45. The van der Waals surface area contributed by atoms with Crippen LogP contribution in [0.3, 0.4) is 0 Å². The average molecular weight is 582 g/mol. The predicted octanol–water partition coefficient (Wildman–Crippen LogP) is 7.70. The van der Waals surface area contributed by atoms with Crippen LogP contribution >= 0.6 is 0 Å². The van der Waals surface area contributed by atoms with E-state index in [0.29, 0.717) is 22.4 Å². The van der Waals surface area contributed by atoms with Gasteiger partial charge in [0.1, 0.15) is 36.3 Å². The zero-order chi connectivity index (χ0) is 29.7. The summed E-state index contributed by atoms with van der Waals surface area (Å²) in [5, 5.41) is 0. The smallest absolute Gasteiger partial charge is 0.490 e. The van der Waals surface area contributed by atoms with Gasteiger partial charge in [0.15, 0.2) is 0 Å². The van der Waals surface area contributed by atoms with Crippen molar-refractivity contribution in [1.29, 1.82) is 0 Å². The second-order valence-electron chi connectivity index (χ2n) is 9.45. The molecular weight excluding hydrogens is 557 g/mol. The Balaban J connectivity index is 1.34. The van der Waals surface area contributed by atoms with Crippen LogP contribution in [0.4, 0.5) is 22.0 Å². The number of nitrogens with zero attached hydrogens (tertiary/aromatic N) is 1. The molecule has 0 amide bonds. The number of hydrogen-bond donors (Lipinski definition) is 0. The SMILES string of the molecule is O=C(OCCOc1ccccc1)C1CC(c2c(F)cccc2F)=NC1c1ccc(-c2ccc(OC(F)(F)F)cc2)cc1. The number of benzene rings is 4. The summed E-state index contributed by atoms with van der Waals surface area (Å²) >= 11 is 0. The first-order valence-electron chi connectivity index (χ1n) is 13.0. The number of carbonyl (C=O) groups excluding carboxylic acids is 1. The third-order valence-electron chi connectivity index (χ3n) is 6.66. The fourth-order valence-electron chi connectivity index (χ4n) is 4.74. The summed E-state index contributed by atoms with van der Waals surface area (Å²) in [6, 6.07) is 24.0. The molecule has 42 heavy (non-hydrogen) atoms. The zero-order valence-electron chi connectivity index (χ0n) is 22.0. The maximum absolute atomic E-state index is 14.6. The molecule has 1 aliphatic rings. The monoisotopic (exact) mass is 581 g/mol. The van der Waals surface area contributed by atoms with E-state index >= 15 is 0 Å². The third-order valence-corrected chi connectivity index (χ3v) is 6.66. The van der Waals surface area contributed by atoms with Gasteiger partial charge in [-0.1, -0.05) is 60.7 Å². The van der Waals surface area contributed by atoms with Crippen LogP contribution in [-0.4, -0.2) is 31.3 Å². The van der Waals surface area contributed by atoms with Gasteiger partial charge in [-0.15, -0.1) is 13.2 Å². The van der Waals surface area contributed by atoms with E-state index in [1.165, 1.54) is 30.3 Å². The highest BCUT2D eigenvalue weighted by Gasteiger charge is 2.39. The van der Waals surface area contributed by atoms with Crippen LogP contribution in [0.25, 0.3) is 11.1 Å². The quantitative estimate of drug-likeness (QED) is 0.116. The number of ether oxygens (including phenoxy) is 3. The summed E-state index contributed by atoms with van der Waals surface area (Å²) in [7, 11) is 0. The average Bonchev–Trinajstić information content (AvgIpc) is 3.40. The molecule has 5 rings (SSSR count). The van der Waals surface area contributed by atoms with E-state index in [0.717, 1.165) is 12.1 Å². The molecule has 4 aromatic carbocycles.